The summed E-state index contributed by atoms with van der Waals surface area (Å²) in [6.45, 7) is 1.58. The average molecular weight is 326 g/mol. The number of hydrogen-bond acceptors (Lipinski definition) is 3. The van der Waals surface area contributed by atoms with Gasteiger partial charge in [0.25, 0.3) is 12.3 Å². The van der Waals surface area contributed by atoms with Gasteiger partial charge >= 0.3 is 0 Å². The fraction of sp³-hybridized carbons (Fsp3) is 0.118. The minimum Gasteiger partial charge on any atom is -0.322 e. The second kappa shape index (κ2) is 6.08. The second-order valence-corrected chi connectivity index (χ2v) is 5.09. The third kappa shape index (κ3) is 2.82. The summed E-state index contributed by atoms with van der Waals surface area (Å²) in [6, 6.07) is 7.92. The summed E-state index contributed by atoms with van der Waals surface area (Å²) in [4.78, 5) is 16.6. The van der Waals surface area contributed by atoms with Crippen molar-refractivity contribution in [3.05, 3.63) is 59.0 Å². The predicted octanol–water partition coefficient (Wildman–Crippen LogP) is 3.21. The first-order valence-electron chi connectivity index (χ1n) is 7.01. The molecule has 1 N–H and O–H groups in total. The zero-order chi connectivity index (χ0) is 17.3. The van der Waals surface area contributed by atoms with Gasteiger partial charge in [-0.15, -0.1) is 6.42 Å². The molecule has 24 heavy (non-hydrogen) atoms. The largest absolute Gasteiger partial charge is 0.322 e. The van der Waals surface area contributed by atoms with Gasteiger partial charge in [-0.3, -0.25) is 4.79 Å². The summed E-state index contributed by atoms with van der Waals surface area (Å²) in [5.41, 5.74) is 1.48. The van der Waals surface area contributed by atoms with Crippen molar-refractivity contribution in [3.8, 4) is 12.3 Å². The number of alkyl halides is 2. The van der Waals surface area contributed by atoms with Crippen LogP contribution in [0.5, 0.6) is 0 Å². The summed E-state index contributed by atoms with van der Waals surface area (Å²) < 4.78 is 27.2. The summed E-state index contributed by atoms with van der Waals surface area (Å²) in [5.74, 6) is 1.99. The summed E-state index contributed by atoms with van der Waals surface area (Å²) in [6.07, 6.45) is 3.78. The van der Waals surface area contributed by atoms with E-state index in [-0.39, 0.29) is 16.9 Å². The van der Waals surface area contributed by atoms with Gasteiger partial charge in [0.1, 0.15) is 11.3 Å². The van der Waals surface area contributed by atoms with Crippen LogP contribution in [0.2, 0.25) is 0 Å². The molecule has 0 atom stereocenters. The molecule has 7 heteroatoms. The highest BCUT2D eigenvalue weighted by Crippen LogP contribution is 2.22. The van der Waals surface area contributed by atoms with Crippen LogP contribution in [-0.4, -0.2) is 20.5 Å². The van der Waals surface area contributed by atoms with Gasteiger partial charge < -0.3 is 5.32 Å². The molecule has 0 saturated heterocycles. The SMILES string of the molecule is C#Cc1ccc(NC(=O)c2cnn3c(C(F)F)cc(C)nc23)cc1. The molecule has 2 heterocycles. The number of fused-ring (bicyclic) bond motifs is 1. The summed E-state index contributed by atoms with van der Waals surface area (Å²) in [5, 5.41) is 6.53. The Bertz CT molecular complexity index is 955. The van der Waals surface area contributed by atoms with E-state index in [9.17, 15) is 13.6 Å². The number of aromatic nitrogens is 3. The molecule has 1 aromatic carbocycles. The number of carbonyl (C=O) groups is 1. The smallest absolute Gasteiger partial charge is 0.280 e. The van der Waals surface area contributed by atoms with E-state index in [4.69, 9.17) is 6.42 Å². The van der Waals surface area contributed by atoms with Crippen molar-refractivity contribution in [2.24, 2.45) is 0 Å². The highest BCUT2D eigenvalue weighted by Gasteiger charge is 2.20. The number of nitrogens with zero attached hydrogens (tertiary/aromatic N) is 3. The number of halogens is 2. The number of terminal acetylenes is 1. The summed E-state index contributed by atoms with van der Waals surface area (Å²) in [7, 11) is 0. The van der Waals surface area contributed by atoms with Crippen LogP contribution in [0.15, 0.2) is 36.5 Å². The van der Waals surface area contributed by atoms with E-state index in [1.165, 1.54) is 12.3 Å². The molecule has 5 nitrogen and oxygen atoms in total. The molecule has 0 fully saturated rings. The minimum atomic E-state index is -2.72. The Balaban J connectivity index is 1.96. The van der Waals surface area contributed by atoms with Crippen molar-refractivity contribution in [3.63, 3.8) is 0 Å². The molecular weight excluding hydrogens is 314 g/mol. The maximum absolute atomic E-state index is 13.1. The van der Waals surface area contributed by atoms with Gasteiger partial charge in [-0.25, -0.2) is 18.3 Å². The number of nitrogens with one attached hydrogen (secondary N) is 1. The van der Waals surface area contributed by atoms with Crippen LogP contribution in [0.1, 0.15) is 33.7 Å². The van der Waals surface area contributed by atoms with Crippen LogP contribution in [0.3, 0.4) is 0 Å². The van der Waals surface area contributed by atoms with Gasteiger partial charge in [0.05, 0.1) is 6.20 Å². The standard InChI is InChI=1S/C17H12F2N4O/c1-3-11-4-6-12(7-5-11)22-17(24)13-9-20-23-14(15(18)19)8-10(2)21-16(13)23/h1,4-9,15H,2H3,(H,22,24). The number of aryl methyl sites for hydroxylation is 1. The molecular formula is C17H12F2N4O. The number of hydrogen-bond donors (Lipinski definition) is 1. The minimum absolute atomic E-state index is 0.0862. The van der Waals surface area contributed by atoms with Crippen LogP contribution in [0.4, 0.5) is 14.5 Å². The van der Waals surface area contributed by atoms with Crippen molar-refractivity contribution in [2.75, 3.05) is 5.32 Å². The first-order valence-corrected chi connectivity index (χ1v) is 7.01. The van der Waals surface area contributed by atoms with E-state index < -0.39 is 12.3 Å². The van der Waals surface area contributed by atoms with Crippen molar-refractivity contribution in [1.29, 1.82) is 0 Å². The van der Waals surface area contributed by atoms with E-state index in [0.29, 0.717) is 16.9 Å². The lowest BCUT2D eigenvalue weighted by atomic mass is 10.2. The highest BCUT2D eigenvalue weighted by atomic mass is 19.3. The van der Waals surface area contributed by atoms with E-state index in [0.717, 1.165) is 4.52 Å². The third-order valence-electron chi connectivity index (χ3n) is 3.41. The topological polar surface area (TPSA) is 59.3 Å². The molecule has 0 bridgehead atoms. The number of anilines is 1. The highest BCUT2D eigenvalue weighted by molar-refractivity contribution is 6.08. The first-order chi connectivity index (χ1) is 11.5. The van der Waals surface area contributed by atoms with E-state index in [1.807, 2.05) is 0 Å². The maximum atomic E-state index is 13.1. The average Bonchev–Trinajstić information content (AvgIpc) is 2.98. The zero-order valence-electron chi connectivity index (χ0n) is 12.6. The lowest BCUT2D eigenvalue weighted by molar-refractivity contribution is 0.102. The van der Waals surface area contributed by atoms with Crippen molar-refractivity contribution in [2.45, 2.75) is 13.3 Å². The maximum Gasteiger partial charge on any atom is 0.280 e. The molecule has 0 saturated carbocycles. The third-order valence-corrected chi connectivity index (χ3v) is 3.41. The lowest BCUT2D eigenvalue weighted by Crippen LogP contribution is -2.12. The molecule has 0 aliphatic carbocycles. The van der Waals surface area contributed by atoms with Gasteiger partial charge in [-0.05, 0) is 37.3 Å². The van der Waals surface area contributed by atoms with Crippen molar-refractivity contribution >= 4 is 17.2 Å². The summed E-state index contributed by atoms with van der Waals surface area (Å²) >= 11 is 0. The molecule has 0 radical (unpaired) electrons. The van der Waals surface area contributed by atoms with Gasteiger partial charge in [-0.2, -0.15) is 5.10 Å². The number of rotatable bonds is 3. The van der Waals surface area contributed by atoms with Crippen LogP contribution in [0, 0.1) is 19.3 Å². The van der Waals surface area contributed by atoms with Gasteiger partial charge in [-0.1, -0.05) is 5.92 Å². The van der Waals surface area contributed by atoms with E-state index >= 15 is 0 Å². The van der Waals surface area contributed by atoms with Gasteiger partial charge in [0.2, 0.25) is 0 Å². The predicted molar refractivity (Wildman–Crippen MR) is 85.0 cm³/mol. The van der Waals surface area contributed by atoms with Gasteiger partial charge in [0.15, 0.2) is 5.65 Å². The zero-order valence-corrected chi connectivity index (χ0v) is 12.6. The quantitative estimate of drug-likeness (QED) is 0.752. The van der Waals surface area contributed by atoms with Crippen LogP contribution in [-0.2, 0) is 0 Å². The van der Waals surface area contributed by atoms with Crippen LogP contribution in [0.25, 0.3) is 5.65 Å². The van der Waals surface area contributed by atoms with Crippen molar-refractivity contribution in [1.82, 2.24) is 14.6 Å². The lowest BCUT2D eigenvalue weighted by Gasteiger charge is -2.06. The van der Waals surface area contributed by atoms with Crippen LogP contribution >= 0.6 is 0 Å². The number of benzene rings is 1. The van der Waals surface area contributed by atoms with Crippen molar-refractivity contribution < 1.29 is 13.6 Å². The molecule has 0 unspecified atom stereocenters. The number of amides is 1. The Morgan fingerprint density at radius 2 is 2.04 bits per heavy atom. The second-order valence-electron chi connectivity index (χ2n) is 5.09. The molecule has 120 valence electrons. The monoisotopic (exact) mass is 326 g/mol. The molecule has 2 aromatic heterocycles. The fourth-order valence-electron chi connectivity index (χ4n) is 2.28. The number of carbonyl (C=O) groups excluding carboxylic acids is 1. The first kappa shape index (κ1) is 15.6. The molecule has 0 aliphatic heterocycles. The van der Waals surface area contributed by atoms with E-state index in [1.54, 1.807) is 31.2 Å². The molecule has 0 aliphatic rings. The Hall–Kier alpha value is -3.27. The molecule has 1 amide bonds. The van der Waals surface area contributed by atoms with Crippen LogP contribution < -0.4 is 5.32 Å². The van der Waals surface area contributed by atoms with Gasteiger partial charge in [0, 0.05) is 16.9 Å². The molecule has 0 spiro atoms. The Labute approximate surface area is 136 Å². The normalized spacial score (nSPS) is 10.8. The molecule has 3 aromatic rings. The molecule has 3 rings (SSSR count). The Kier molecular flexibility index (Phi) is 3.96. The Morgan fingerprint density at radius 3 is 2.67 bits per heavy atom. The fourth-order valence-corrected chi connectivity index (χ4v) is 2.28. The van der Waals surface area contributed by atoms with E-state index in [2.05, 4.69) is 21.3 Å². The Morgan fingerprint density at radius 1 is 1.33 bits per heavy atom.